The Morgan fingerprint density at radius 3 is 2.35 bits per heavy atom. The van der Waals surface area contributed by atoms with Crippen LogP contribution in [0.1, 0.15) is 18.5 Å². The van der Waals surface area contributed by atoms with Crippen molar-refractivity contribution in [3.05, 3.63) is 42.4 Å². The highest BCUT2D eigenvalue weighted by Gasteiger charge is 2.21. The summed E-state index contributed by atoms with van der Waals surface area (Å²) >= 11 is 0. The quantitative estimate of drug-likeness (QED) is 0.910. The van der Waals surface area contributed by atoms with Gasteiger partial charge in [0.2, 0.25) is 0 Å². The highest BCUT2D eigenvalue weighted by molar-refractivity contribution is 5.36. The van der Waals surface area contributed by atoms with Crippen molar-refractivity contribution in [1.82, 2.24) is 9.97 Å². The van der Waals surface area contributed by atoms with Gasteiger partial charge in [0.05, 0.1) is 31.8 Å². The topological polar surface area (TPSA) is 67.7 Å². The van der Waals surface area contributed by atoms with E-state index in [9.17, 15) is 0 Å². The first-order valence-corrected chi connectivity index (χ1v) is 7.76. The molecule has 3 rings (SSSR count). The maximum absolute atomic E-state index is 9.01. The van der Waals surface area contributed by atoms with Crippen molar-refractivity contribution in [3.63, 3.8) is 0 Å². The van der Waals surface area contributed by atoms with Crippen molar-refractivity contribution < 1.29 is 14.6 Å². The lowest BCUT2D eigenvalue weighted by Gasteiger charge is -2.32. The molecule has 0 atom stereocenters. The van der Waals surface area contributed by atoms with Crippen LogP contribution in [0.2, 0.25) is 0 Å². The Hall–Kier alpha value is -2.34. The van der Waals surface area contributed by atoms with Gasteiger partial charge < -0.3 is 19.5 Å². The number of rotatable bonds is 5. The monoisotopic (exact) mass is 315 g/mol. The third-order valence-corrected chi connectivity index (χ3v) is 3.98. The molecule has 1 aromatic heterocycles. The molecule has 1 aliphatic rings. The number of benzene rings is 1. The van der Waals surface area contributed by atoms with E-state index in [1.54, 1.807) is 19.5 Å². The Morgan fingerprint density at radius 1 is 1.09 bits per heavy atom. The minimum absolute atomic E-state index is 0.0783. The second-order valence-corrected chi connectivity index (χ2v) is 5.50. The largest absolute Gasteiger partial charge is 0.497 e. The summed E-state index contributed by atoms with van der Waals surface area (Å²) < 4.78 is 11.2. The number of aliphatic hydroxyl groups excluding tert-OH is 1. The lowest BCUT2D eigenvalue weighted by atomic mass is 10.1. The van der Waals surface area contributed by atoms with Crippen molar-refractivity contribution in [2.24, 2.45) is 0 Å². The van der Waals surface area contributed by atoms with E-state index in [2.05, 4.69) is 14.9 Å². The minimum Gasteiger partial charge on any atom is -0.497 e. The average molecular weight is 315 g/mol. The van der Waals surface area contributed by atoms with Crippen molar-refractivity contribution in [3.8, 4) is 11.5 Å². The van der Waals surface area contributed by atoms with Crippen molar-refractivity contribution in [2.45, 2.75) is 25.6 Å². The molecule has 0 bridgehead atoms. The fourth-order valence-corrected chi connectivity index (χ4v) is 2.64. The molecule has 1 N–H and O–H groups in total. The molecule has 0 amide bonds. The van der Waals surface area contributed by atoms with Crippen LogP contribution in [0, 0.1) is 0 Å². The third kappa shape index (κ3) is 3.90. The van der Waals surface area contributed by atoms with E-state index in [1.165, 1.54) is 0 Å². The molecule has 6 heteroatoms. The second-order valence-electron chi connectivity index (χ2n) is 5.50. The van der Waals surface area contributed by atoms with Gasteiger partial charge in [-0.25, -0.2) is 4.98 Å². The molecule has 1 aliphatic heterocycles. The van der Waals surface area contributed by atoms with Gasteiger partial charge in [-0.3, -0.25) is 4.98 Å². The van der Waals surface area contributed by atoms with Crippen LogP contribution in [0.4, 0.5) is 5.82 Å². The van der Waals surface area contributed by atoms with E-state index in [-0.39, 0.29) is 12.7 Å². The highest BCUT2D eigenvalue weighted by Crippen LogP contribution is 2.23. The summed E-state index contributed by atoms with van der Waals surface area (Å²) in [6, 6.07) is 7.68. The summed E-state index contributed by atoms with van der Waals surface area (Å²) in [7, 11) is 1.65. The summed E-state index contributed by atoms with van der Waals surface area (Å²) in [4.78, 5) is 10.7. The van der Waals surface area contributed by atoms with Gasteiger partial charge in [0.25, 0.3) is 0 Å². The molecule has 0 unspecified atom stereocenters. The fraction of sp³-hybridized carbons (Fsp3) is 0.412. The Labute approximate surface area is 135 Å². The number of nitrogens with zero attached hydrogens (tertiary/aromatic N) is 3. The zero-order valence-electron chi connectivity index (χ0n) is 13.2. The predicted octanol–water partition coefficient (Wildman–Crippen LogP) is 2.03. The van der Waals surface area contributed by atoms with E-state index in [0.29, 0.717) is 5.69 Å². The minimum atomic E-state index is -0.0783. The molecule has 0 saturated carbocycles. The van der Waals surface area contributed by atoms with Crippen molar-refractivity contribution >= 4 is 5.82 Å². The summed E-state index contributed by atoms with van der Waals surface area (Å²) in [6.07, 6.45) is 5.43. The normalized spacial score (nSPS) is 15.5. The molecule has 0 aliphatic carbocycles. The van der Waals surface area contributed by atoms with E-state index in [4.69, 9.17) is 14.6 Å². The first-order chi connectivity index (χ1) is 11.3. The van der Waals surface area contributed by atoms with E-state index >= 15 is 0 Å². The average Bonchev–Trinajstić information content (AvgIpc) is 2.63. The number of anilines is 1. The molecule has 1 fully saturated rings. The molecule has 1 saturated heterocycles. The van der Waals surface area contributed by atoms with Crippen LogP contribution >= 0.6 is 0 Å². The number of methoxy groups -OCH3 is 1. The van der Waals surface area contributed by atoms with Gasteiger partial charge >= 0.3 is 0 Å². The maximum atomic E-state index is 9.01. The summed E-state index contributed by atoms with van der Waals surface area (Å²) in [5, 5.41) is 9.01. The van der Waals surface area contributed by atoms with Gasteiger partial charge in [0.1, 0.15) is 23.4 Å². The van der Waals surface area contributed by atoms with Crippen LogP contribution in [0.15, 0.2) is 36.7 Å². The summed E-state index contributed by atoms with van der Waals surface area (Å²) in [5.41, 5.74) is 0.589. The zero-order chi connectivity index (χ0) is 16.1. The predicted molar refractivity (Wildman–Crippen MR) is 86.8 cm³/mol. The molecular weight excluding hydrogens is 294 g/mol. The van der Waals surface area contributed by atoms with Crippen LogP contribution in [0.25, 0.3) is 0 Å². The first-order valence-electron chi connectivity index (χ1n) is 7.76. The van der Waals surface area contributed by atoms with Gasteiger partial charge in [-0.1, -0.05) is 0 Å². The number of hydrogen-bond donors (Lipinski definition) is 1. The van der Waals surface area contributed by atoms with Crippen LogP contribution in [0.3, 0.4) is 0 Å². The van der Waals surface area contributed by atoms with Gasteiger partial charge in [0.15, 0.2) is 0 Å². The Morgan fingerprint density at radius 2 is 1.78 bits per heavy atom. The molecule has 122 valence electrons. The Bertz CT molecular complexity index is 608. The molecule has 6 nitrogen and oxygen atoms in total. The van der Waals surface area contributed by atoms with Gasteiger partial charge in [-0.05, 0) is 24.3 Å². The van der Waals surface area contributed by atoms with Crippen molar-refractivity contribution in [1.29, 1.82) is 0 Å². The molecule has 2 aromatic rings. The van der Waals surface area contributed by atoms with Crippen LogP contribution in [-0.2, 0) is 6.61 Å². The molecule has 23 heavy (non-hydrogen) atoms. The number of ether oxygens (including phenoxy) is 2. The molecule has 0 spiro atoms. The first kappa shape index (κ1) is 15.6. The van der Waals surface area contributed by atoms with Crippen LogP contribution in [0.5, 0.6) is 11.5 Å². The lowest BCUT2D eigenvalue weighted by molar-refractivity contribution is 0.170. The van der Waals surface area contributed by atoms with Crippen molar-refractivity contribution in [2.75, 3.05) is 25.1 Å². The molecule has 2 heterocycles. The number of aromatic nitrogens is 2. The summed E-state index contributed by atoms with van der Waals surface area (Å²) in [6.45, 7) is 1.69. The lowest BCUT2D eigenvalue weighted by Crippen LogP contribution is -2.38. The van der Waals surface area contributed by atoms with Crippen LogP contribution < -0.4 is 14.4 Å². The standard InChI is InChI=1S/C17H21N3O3/c1-22-14-2-4-15(5-3-14)23-16-6-8-20(9-7-16)17-11-18-13(12-21)10-19-17/h2-5,10-11,16,21H,6-9,12H2,1H3. The second kappa shape index (κ2) is 7.28. The van der Waals surface area contributed by atoms with Crippen LogP contribution in [-0.4, -0.2) is 41.4 Å². The smallest absolute Gasteiger partial charge is 0.147 e. The van der Waals surface area contributed by atoms with Gasteiger partial charge in [-0.15, -0.1) is 0 Å². The van der Waals surface area contributed by atoms with E-state index < -0.39 is 0 Å². The zero-order valence-corrected chi connectivity index (χ0v) is 13.2. The van der Waals surface area contributed by atoms with E-state index in [0.717, 1.165) is 43.2 Å². The highest BCUT2D eigenvalue weighted by atomic mass is 16.5. The molecular formula is C17H21N3O3. The third-order valence-electron chi connectivity index (χ3n) is 3.98. The van der Waals surface area contributed by atoms with E-state index in [1.807, 2.05) is 24.3 Å². The Kier molecular flexibility index (Phi) is 4.92. The molecule has 0 radical (unpaired) electrons. The number of hydrogen-bond acceptors (Lipinski definition) is 6. The Balaban J connectivity index is 1.53. The summed E-state index contributed by atoms with van der Waals surface area (Å²) in [5.74, 6) is 2.55. The fourth-order valence-electron chi connectivity index (χ4n) is 2.64. The van der Waals surface area contributed by atoms with Gasteiger partial charge in [0, 0.05) is 25.9 Å². The SMILES string of the molecule is COc1ccc(OC2CCN(c3cnc(CO)cn3)CC2)cc1. The maximum Gasteiger partial charge on any atom is 0.147 e. The number of piperidine rings is 1. The van der Waals surface area contributed by atoms with Gasteiger partial charge in [-0.2, -0.15) is 0 Å². The number of aliphatic hydroxyl groups is 1. The molecule has 1 aromatic carbocycles.